The first-order valence-electron chi connectivity index (χ1n) is 7.21. The Morgan fingerprint density at radius 3 is 3.19 bits per heavy atom. The Kier molecular flexibility index (Phi) is 4.45. The molecule has 6 heteroatoms. The predicted octanol–water partition coefficient (Wildman–Crippen LogP) is 2.49. The van der Waals surface area contributed by atoms with Crippen molar-refractivity contribution in [3.05, 3.63) is 29.1 Å². The van der Waals surface area contributed by atoms with Gasteiger partial charge in [0, 0.05) is 25.3 Å². The number of amidine groups is 1. The number of nitrogens with zero attached hydrogens (tertiary/aromatic N) is 2. The average molecular weight is 306 g/mol. The average Bonchev–Trinajstić information content (AvgIpc) is 3.11. The van der Waals surface area contributed by atoms with E-state index in [0.717, 1.165) is 31.0 Å². The van der Waals surface area contributed by atoms with E-state index >= 15 is 0 Å². The number of aliphatic hydroxyl groups is 1. The molecule has 0 spiro atoms. The number of amides is 1. The lowest BCUT2D eigenvalue weighted by atomic mass is 10.0. The van der Waals surface area contributed by atoms with Crippen molar-refractivity contribution in [2.24, 2.45) is 4.99 Å². The molecule has 3 rings (SSSR count). The normalized spacial score (nSPS) is 24.7. The first kappa shape index (κ1) is 14.4. The van der Waals surface area contributed by atoms with E-state index in [1.807, 2.05) is 6.07 Å². The van der Waals surface area contributed by atoms with Gasteiger partial charge in [-0.05, 0) is 49.6 Å². The fourth-order valence-corrected chi connectivity index (χ4v) is 3.72. The van der Waals surface area contributed by atoms with Gasteiger partial charge in [0.25, 0.3) is 5.91 Å². The Morgan fingerprint density at radius 2 is 2.43 bits per heavy atom. The van der Waals surface area contributed by atoms with Gasteiger partial charge in [0.1, 0.15) is 5.76 Å². The van der Waals surface area contributed by atoms with Gasteiger partial charge in [-0.3, -0.25) is 4.79 Å². The highest BCUT2D eigenvalue weighted by molar-refractivity contribution is 8.18. The van der Waals surface area contributed by atoms with Crippen LogP contribution >= 0.6 is 11.8 Å². The van der Waals surface area contributed by atoms with Crippen LogP contribution in [0.4, 0.5) is 0 Å². The molecular weight excluding hydrogens is 288 g/mol. The monoisotopic (exact) mass is 306 g/mol. The van der Waals surface area contributed by atoms with Crippen molar-refractivity contribution in [3.8, 4) is 0 Å². The molecule has 1 atom stereocenters. The van der Waals surface area contributed by atoms with Crippen LogP contribution in [0.1, 0.15) is 31.4 Å². The van der Waals surface area contributed by atoms with Gasteiger partial charge < -0.3 is 14.4 Å². The van der Waals surface area contributed by atoms with Crippen LogP contribution < -0.4 is 0 Å². The molecule has 0 saturated carbocycles. The van der Waals surface area contributed by atoms with E-state index in [1.54, 1.807) is 18.4 Å². The van der Waals surface area contributed by atoms with Crippen LogP contribution in [0, 0.1) is 0 Å². The predicted molar refractivity (Wildman–Crippen MR) is 82.8 cm³/mol. The van der Waals surface area contributed by atoms with Crippen molar-refractivity contribution in [2.45, 2.75) is 31.7 Å². The minimum absolute atomic E-state index is 0.169. The molecule has 1 saturated heterocycles. The second-order valence-electron chi connectivity index (χ2n) is 5.18. The third-order valence-corrected chi connectivity index (χ3v) is 4.78. The summed E-state index contributed by atoms with van der Waals surface area (Å²) >= 11 is 1.40. The molecule has 1 fully saturated rings. The molecular formula is C15H18N2O3S. The first-order chi connectivity index (χ1) is 10.3. The maximum absolute atomic E-state index is 12.0. The Bertz CT molecular complexity index is 563. The van der Waals surface area contributed by atoms with E-state index in [-0.39, 0.29) is 18.6 Å². The molecule has 1 N–H and O–H groups in total. The Labute approximate surface area is 127 Å². The standard InChI is InChI=1S/C15H18N2O3S/c18-8-6-11-4-1-2-7-17(11)15-16-14(19)13(21-15)10-12-5-3-9-20-12/h3,5,9-11,18H,1-2,4,6-8H2/b13-10-/t11-/m1/s1. The van der Waals surface area contributed by atoms with E-state index in [2.05, 4.69) is 9.89 Å². The zero-order chi connectivity index (χ0) is 14.7. The van der Waals surface area contributed by atoms with Gasteiger partial charge in [0.05, 0.1) is 11.2 Å². The zero-order valence-electron chi connectivity index (χ0n) is 11.7. The summed E-state index contributed by atoms with van der Waals surface area (Å²) in [7, 11) is 0. The third kappa shape index (κ3) is 3.22. The minimum Gasteiger partial charge on any atom is -0.465 e. The molecule has 0 unspecified atom stereocenters. The Morgan fingerprint density at radius 1 is 1.52 bits per heavy atom. The summed E-state index contributed by atoms with van der Waals surface area (Å²) in [4.78, 5) is 19.0. The first-order valence-corrected chi connectivity index (χ1v) is 8.03. The number of furan rings is 1. The van der Waals surface area contributed by atoms with E-state index in [9.17, 15) is 9.90 Å². The molecule has 2 aliphatic heterocycles. The number of thioether (sulfide) groups is 1. The number of aliphatic hydroxyl groups excluding tert-OH is 1. The Balaban J connectivity index is 1.74. The summed E-state index contributed by atoms with van der Waals surface area (Å²) in [6.45, 7) is 1.07. The van der Waals surface area contributed by atoms with Crippen molar-refractivity contribution >= 4 is 28.9 Å². The quantitative estimate of drug-likeness (QED) is 0.869. The summed E-state index contributed by atoms with van der Waals surface area (Å²) in [5.74, 6) is 0.451. The molecule has 3 heterocycles. The lowest BCUT2D eigenvalue weighted by molar-refractivity contribution is -0.113. The van der Waals surface area contributed by atoms with Gasteiger partial charge in [-0.2, -0.15) is 4.99 Å². The van der Waals surface area contributed by atoms with Gasteiger partial charge in [-0.15, -0.1) is 0 Å². The summed E-state index contributed by atoms with van der Waals surface area (Å²) in [5, 5.41) is 9.95. The van der Waals surface area contributed by atoms with Crippen molar-refractivity contribution in [3.63, 3.8) is 0 Å². The van der Waals surface area contributed by atoms with Crippen LogP contribution in [0.3, 0.4) is 0 Å². The second-order valence-corrected chi connectivity index (χ2v) is 6.19. The minimum atomic E-state index is -0.209. The summed E-state index contributed by atoms with van der Waals surface area (Å²) in [6, 6.07) is 3.89. The highest BCUT2D eigenvalue weighted by atomic mass is 32.2. The molecule has 2 aliphatic rings. The van der Waals surface area contributed by atoms with Crippen molar-refractivity contribution in [1.29, 1.82) is 0 Å². The summed E-state index contributed by atoms with van der Waals surface area (Å²) in [6.07, 6.45) is 7.36. The van der Waals surface area contributed by atoms with Gasteiger partial charge in [0.2, 0.25) is 0 Å². The van der Waals surface area contributed by atoms with E-state index in [0.29, 0.717) is 10.7 Å². The molecule has 0 radical (unpaired) electrons. The van der Waals surface area contributed by atoms with Gasteiger partial charge in [-0.1, -0.05) is 0 Å². The molecule has 1 amide bonds. The summed E-state index contributed by atoms with van der Waals surface area (Å²) < 4.78 is 5.24. The largest absolute Gasteiger partial charge is 0.465 e. The second kappa shape index (κ2) is 6.49. The Hall–Kier alpha value is -1.53. The molecule has 112 valence electrons. The fraction of sp³-hybridized carbons (Fsp3) is 0.467. The van der Waals surface area contributed by atoms with E-state index in [4.69, 9.17) is 4.42 Å². The number of hydrogen-bond donors (Lipinski definition) is 1. The molecule has 1 aromatic heterocycles. The number of carbonyl (C=O) groups excluding carboxylic acids is 1. The molecule has 21 heavy (non-hydrogen) atoms. The number of hydrogen-bond acceptors (Lipinski definition) is 5. The van der Waals surface area contributed by atoms with Gasteiger partial charge >= 0.3 is 0 Å². The van der Waals surface area contributed by atoms with E-state index in [1.165, 1.54) is 18.2 Å². The van der Waals surface area contributed by atoms with Crippen molar-refractivity contribution < 1.29 is 14.3 Å². The number of carbonyl (C=O) groups is 1. The maximum Gasteiger partial charge on any atom is 0.286 e. The van der Waals surface area contributed by atoms with Crippen LogP contribution in [0.25, 0.3) is 6.08 Å². The molecule has 1 aromatic rings. The van der Waals surface area contributed by atoms with Crippen molar-refractivity contribution in [1.82, 2.24) is 4.90 Å². The van der Waals surface area contributed by atoms with Crippen molar-refractivity contribution in [2.75, 3.05) is 13.2 Å². The highest BCUT2D eigenvalue weighted by Gasteiger charge is 2.31. The summed E-state index contributed by atoms with van der Waals surface area (Å²) in [5.41, 5.74) is 0. The lowest BCUT2D eigenvalue weighted by Crippen LogP contribution is -2.42. The number of likely N-dealkylation sites (tertiary alicyclic amines) is 1. The number of aliphatic imine (C=N–C) groups is 1. The number of piperidine rings is 1. The molecule has 0 aromatic carbocycles. The fourth-order valence-electron chi connectivity index (χ4n) is 2.72. The lowest BCUT2D eigenvalue weighted by Gasteiger charge is -2.36. The smallest absolute Gasteiger partial charge is 0.286 e. The number of rotatable bonds is 3. The zero-order valence-corrected chi connectivity index (χ0v) is 12.5. The van der Waals surface area contributed by atoms with Crippen LogP contribution in [-0.4, -0.2) is 40.3 Å². The SMILES string of the molecule is O=C1N=C(N2CCCC[C@@H]2CCO)S/C1=C\c1ccco1. The van der Waals surface area contributed by atoms with Crippen LogP contribution in [0.2, 0.25) is 0 Å². The maximum atomic E-state index is 12.0. The van der Waals surface area contributed by atoms with E-state index < -0.39 is 0 Å². The third-order valence-electron chi connectivity index (χ3n) is 3.76. The molecule has 5 nitrogen and oxygen atoms in total. The van der Waals surface area contributed by atoms with Crippen LogP contribution in [0.15, 0.2) is 32.7 Å². The molecule has 0 bridgehead atoms. The highest BCUT2D eigenvalue weighted by Crippen LogP contribution is 2.33. The van der Waals surface area contributed by atoms with Gasteiger partial charge in [0.15, 0.2) is 5.17 Å². The molecule has 0 aliphatic carbocycles. The topological polar surface area (TPSA) is 66.0 Å². The van der Waals surface area contributed by atoms with Gasteiger partial charge in [-0.25, -0.2) is 0 Å². The van der Waals surface area contributed by atoms with Crippen LogP contribution in [-0.2, 0) is 4.79 Å². The van der Waals surface area contributed by atoms with Crippen LogP contribution in [0.5, 0.6) is 0 Å².